The van der Waals surface area contributed by atoms with Gasteiger partial charge < -0.3 is 15.0 Å². The molecule has 1 saturated carbocycles. The molecule has 0 spiro atoms. The number of aromatic nitrogens is 2. The van der Waals surface area contributed by atoms with Crippen LogP contribution >= 0.6 is 0 Å². The van der Waals surface area contributed by atoms with Gasteiger partial charge in [0.05, 0.1) is 30.0 Å². The minimum absolute atomic E-state index is 0.0623. The molecule has 25 heavy (non-hydrogen) atoms. The highest BCUT2D eigenvalue weighted by Gasteiger charge is 2.44. The fourth-order valence-electron chi connectivity index (χ4n) is 3.90. The van der Waals surface area contributed by atoms with E-state index >= 15 is 0 Å². The fraction of sp³-hybridized carbons (Fsp3) is 0.421. The van der Waals surface area contributed by atoms with E-state index in [1.165, 1.54) is 0 Å². The van der Waals surface area contributed by atoms with Crippen LogP contribution in [0.25, 0.3) is 0 Å². The number of anilines is 1. The van der Waals surface area contributed by atoms with E-state index in [1.54, 1.807) is 24.7 Å². The minimum Gasteiger partial charge on any atom is -0.383 e. The number of hydrogen-bond donors (Lipinski definition) is 1. The Balaban J connectivity index is 1.42. The van der Waals surface area contributed by atoms with Gasteiger partial charge in [0, 0.05) is 43.8 Å². The van der Waals surface area contributed by atoms with Gasteiger partial charge >= 0.3 is 0 Å². The van der Waals surface area contributed by atoms with Crippen LogP contribution in [-0.2, 0) is 4.74 Å². The fourth-order valence-corrected chi connectivity index (χ4v) is 3.90. The van der Waals surface area contributed by atoms with Gasteiger partial charge in [-0.1, -0.05) is 0 Å². The van der Waals surface area contributed by atoms with Crippen LogP contribution < -0.4 is 5.32 Å². The van der Waals surface area contributed by atoms with E-state index < -0.39 is 0 Å². The number of rotatable bonds is 4. The summed E-state index contributed by atoms with van der Waals surface area (Å²) in [6.07, 6.45) is 9.06. The summed E-state index contributed by atoms with van der Waals surface area (Å²) in [7, 11) is 0. The van der Waals surface area contributed by atoms with Gasteiger partial charge in [-0.3, -0.25) is 14.8 Å². The number of nitrogens with zero attached hydrogens (tertiary/aromatic N) is 3. The predicted molar refractivity (Wildman–Crippen MR) is 94.3 cm³/mol. The Morgan fingerprint density at radius 3 is 2.80 bits per heavy atom. The molecule has 130 valence electrons. The number of pyridine rings is 2. The van der Waals surface area contributed by atoms with Crippen molar-refractivity contribution in [3.8, 4) is 0 Å². The lowest BCUT2D eigenvalue weighted by Crippen LogP contribution is -2.53. The van der Waals surface area contributed by atoms with E-state index in [4.69, 9.17) is 4.74 Å². The number of amides is 1. The van der Waals surface area contributed by atoms with Gasteiger partial charge in [0.1, 0.15) is 0 Å². The molecule has 0 radical (unpaired) electrons. The summed E-state index contributed by atoms with van der Waals surface area (Å²) in [4.78, 5) is 23.0. The van der Waals surface area contributed by atoms with Gasteiger partial charge in [0.15, 0.2) is 0 Å². The van der Waals surface area contributed by atoms with Crippen molar-refractivity contribution in [2.24, 2.45) is 5.92 Å². The summed E-state index contributed by atoms with van der Waals surface area (Å²) in [5.41, 5.74) is 1.67. The van der Waals surface area contributed by atoms with E-state index in [0.29, 0.717) is 24.6 Å². The Labute approximate surface area is 147 Å². The van der Waals surface area contributed by atoms with Crippen molar-refractivity contribution in [1.82, 2.24) is 14.9 Å². The highest BCUT2D eigenvalue weighted by molar-refractivity contribution is 5.94. The largest absolute Gasteiger partial charge is 0.383 e. The number of nitrogens with one attached hydrogen (secondary N) is 1. The Bertz CT molecular complexity index is 710. The lowest BCUT2D eigenvalue weighted by molar-refractivity contribution is -0.0602. The zero-order valence-corrected chi connectivity index (χ0v) is 14.0. The molecule has 3 heterocycles. The number of carbonyl (C=O) groups excluding carboxylic acids is 1. The minimum atomic E-state index is 0.0623. The van der Waals surface area contributed by atoms with Gasteiger partial charge in [-0.25, -0.2) is 0 Å². The third-order valence-electron chi connectivity index (χ3n) is 5.12. The molecule has 2 aromatic rings. The molecular formula is C19H22N4O2. The van der Waals surface area contributed by atoms with Crippen molar-refractivity contribution in [3.05, 3.63) is 54.6 Å². The first-order valence-electron chi connectivity index (χ1n) is 8.79. The summed E-state index contributed by atoms with van der Waals surface area (Å²) in [6, 6.07) is 7.73. The maximum atomic E-state index is 12.8. The molecule has 1 aliphatic heterocycles. The number of ether oxygens (including phenoxy) is 1. The van der Waals surface area contributed by atoms with Crippen LogP contribution in [0, 0.1) is 5.92 Å². The second-order valence-corrected chi connectivity index (χ2v) is 6.60. The van der Waals surface area contributed by atoms with Crippen LogP contribution in [0.15, 0.2) is 49.1 Å². The van der Waals surface area contributed by atoms with Crippen molar-refractivity contribution < 1.29 is 9.53 Å². The molecule has 0 aromatic carbocycles. The van der Waals surface area contributed by atoms with E-state index in [-0.39, 0.29) is 18.1 Å². The van der Waals surface area contributed by atoms with Crippen LogP contribution in [0.2, 0.25) is 0 Å². The molecular weight excluding hydrogens is 316 g/mol. The Morgan fingerprint density at radius 2 is 2.04 bits per heavy atom. The van der Waals surface area contributed by atoms with Gasteiger partial charge in [-0.05, 0) is 37.1 Å². The molecule has 1 N–H and O–H groups in total. The number of carbonyl (C=O) groups is 1. The maximum absolute atomic E-state index is 12.8. The predicted octanol–water partition coefficient (Wildman–Crippen LogP) is 2.21. The smallest absolute Gasteiger partial charge is 0.255 e. The molecule has 6 nitrogen and oxygen atoms in total. The van der Waals surface area contributed by atoms with E-state index in [0.717, 1.165) is 25.1 Å². The highest BCUT2D eigenvalue weighted by atomic mass is 16.5. The molecule has 2 aliphatic rings. The second kappa shape index (κ2) is 7.19. The van der Waals surface area contributed by atoms with Gasteiger partial charge in [-0.2, -0.15) is 0 Å². The molecule has 2 aromatic heterocycles. The average molecular weight is 338 g/mol. The van der Waals surface area contributed by atoms with E-state index in [9.17, 15) is 4.79 Å². The number of morpholine rings is 1. The van der Waals surface area contributed by atoms with Crippen LogP contribution in [0.4, 0.5) is 5.69 Å². The van der Waals surface area contributed by atoms with Gasteiger partial charge in [0.2, 0.25) is 0 Å². The Hall–Kier alpha value is -2.47. The lowest BCUT2D eigenvalue weighted by Gasteiger charge is -2.39. The monoisotopic (exact) mass is 338 g/mol. The van der Waals surface area contributed by atoms with Crippen LogP contribution in [-0.4, -0.2) is 52.6 Å². The zero-order valence-electron chi connectivity index (χ0n) is 14.0. The molecule has 2 fully saturated rings. The summed E-state index contributed by atoms with van der Waals surface area (Å²) < 4.78 is 6.05. The van der Waals surface area contributed by atoms with Crippen LogP contribution in [0.1, 0.15) is 23.2 Å². The first-order chi connectivity index (χ1) is 12.3. The summed E-state index contributed by atoms with van der Waals surface area (Å²) in [5.74, 6) is 0.460. The van der Waals surface area contributed by atoms with Crippen molar-refractivity contribution >= 4 is 11.6 Å². The average Bonchev–Trinajstić information content (AvgIpc) is 3.10. The summed E-state index contributed by atoms with van der Waals surface area (Å²) in [5, 5.41) is 3.44. The second-order valence-electron chi connectivity index (χ2n) is 6.60. The van der Waals surface area contributed by atoms with Crippen LogP contribution in [0.5, 0.6) is 0 Å². The molecule has 0 bridgehead atoms. The SMILES string of the molecule is O=C(c1cccnc1)N1CCO[C@@H]2[C@H](CNc3cccnc3)CC[C@H]21. The van der Waals surface area contributed by atoms with E-state index in [2.05, 4.69) is 15.3 Å². The molecule has 3 atom stereocenters. The summed E-state index contributed by atoms with van der Waals surface area (Å²) in [6.45, 7) is 2.08. The van der Waals surface area contributed by atoms with Crippen molar-refractivity contribution in [1.29, 1.82) is 0 Å². The van der Waals surface area contributed by atoms with Gasteiger partial charge in [-0.15, -0.1) is 0 Å². The molecule has 1 saturated heterocycles. The quantitative estimate of drug-likeness (QED) is 0.926. The normalized spacial score (nSPS) is 25.4. The first-order valence-corrected chi connectivity index (χ1v) is 8.79. The molecule has 1 aliphatic carbocycles. The van der Waals surface area contributed by atoms with E-state index in [1.807, 2.05) is 29.3 Å². The highest BCUT2D eigenvalue weighted by Crippen LogP contribution is 2.35. The third-order valence-corrected chi connectivity index (χ3v) is 5.12. The lowest BCUT2D eigenvalue weighted by atomic mass is 10.0. The number of fused-ring (bicyclic) bond motifs is 1. The Morgan fingerprint density at radius 1 is 1.20 bits per heavy atom. The molecule has 1 amide bonds. The Kier molecular flexibility index (Phi) is 4.61. The molecule has 4 rings (SSSR count). The van der Waals surface area contributed by atoms with Crippen LogP contribution in [0.3, 0.4) is 0 Å². The van der Waals surface area contributed by atoms with Gasteiger partial charge in [0.25, 0.3) is 5.91 Å². The number of hydrogen-bond acceptors (Lipinski definition) is 5. The summed E-state index contributed by atoms with van der Waals surface area (Å²) >= 11 is 0. The van der Waals surface area contributed by atoms with Crippen molar-refractivity contribution in [2.45, 2.75) is 25.0 Å². The third kappa shape index (κ3) is 3.35. The first kappa shape index (κ1) is 16.0. The maximum Gasteiger partial charge on any atom is 0.255 e. The molecule has 6 heteroatoms. The molecule has 0 unspecified atom stereocenters. The van der Waals surface area contributed by atoms with Crippen molar-refractivity contribution in [2.75, 3.05) is 25.0 Å². The topological polar surface area (TPSA) is 67.4 Å². The van der Waals surface area contributed by atoms with Crippen molar-refractivity contribution in [3.63, 3.8) is 0 Å². The zero-order chi connectivity index (χ0) is 17.1. The standard InChI is InChI=1S/C19H22N4O2/c24-19(15-3-1-7-20-11-15)23-9-10-25-18-14(5-6-17(18)23)12-22-16-4-2-8-21-13-16/h1-4,7-8,11,13-14,17-18,22H,5-6,9-10,12H2/t14-,17+,18+/m0/s1.